The highest BCUT2D eigenvalue weighted by atomic mass is 32.2. The van der Waals surface area contributed by atoms with Crippen LogP contribution in [0.3, 0.4) is 0 Å². The molecule has 0 aliphatic carbocycles. The smallest absolute Gasteiger partial charge is 0.274 e. The summed E-state index contributed by atoms with van der Waals surface area (Å²) < 4.78 is 42.3. The predicted molar refractivity (Wildman–Crippen MR) is 98.7 cm³/mol. The molecule has 0 radical (unpaired) electrons. The molecule has 1 aromatic heterocycles. The molecule has 10 heteroatoms. The van der Waals surface area contributed by atoms with Gasteiger partial charge in [-0.3, -0.25) is 9.59 Å². The molecule has 1 aliphatic heterocycles. The van der Waals surface area contributed by atoms with Gasteiger partial charge in [0.1, 0.15) is 12.4 Å². The Kier molecular flexibility index (Phi) is 5.41. The van der Waals surface area contributed by atoms with Crippen molar-refractivity contribution in [3.63, 3.8) is 0 Å². The molecular formula is C18H19FN2O6S. The average Bonchev–Trinajstić information content (AvgIpc) is 2.61. The molecule has 1 aliphatic rings. The molecular weight excluding hydrogens is 391 g/mol. The molecule has 0 saturated carbocycles. The number of ether oxygens (including phenoxy) is 1. The zero-order valence-electron chi connectivity index (χ0n) is 15.1. The quantitative estimate of drug-likeness (QED) is 0.754. The van der Waals surface area contributed by atoms with Crippen molar-refractivity contribution in [2.24, 2.45) is 0 Å². The van der Waals surface area contributed by atoms with E-state index in [2.05, 4.69) is 0 Å². The number of carbonyl (C=O) groups is 1. The van der Waals surface area contributed by atoms with Crippen LogP contribution in [0.2, 0.25) is 0 Å². The molecule has 2 aromatic rings. The highest BCUT2D eigenvalue weighted by molar-refractivity contribution is 7.90. The summed E-state index contributed by atoms with van der Waals surface area (Å²) in [7, 11) is -3.25. The van der Waals surface area contributed by atoms with Crippen LogP contribution in [0, 0.1) is 5.82 Å². The number of fused-ring (bicyclic) bond motifs is 1. The first-order valence-electron chi connectivity index (χ1n) is 8.47. The van der Waals surface area contributed by atoms with Crippen molar-refractivity contribution in [2.75, 3.05) is 25.2 Å². The van der Waals surface area contributed by atoms with Crippen molar-refractivity contribution in [1.82, 2.24) is 9.47 Å². The van der Waals surface area contributed by atoms with Crippen molar-refractivity contribution < 1.29 is 27.4 Å². The van der Waals surface area contributed by atoms with Crippen molar-refractivity contribution in [3.8, 4) is 11.6 Å². The standard InChI is InChI=1S/C18H19FN2O6S/c1-28(25,26)9-8-27-15-10-14(22)17(23)16-18(24)20(6-7-21(15)16)11-12-2-4-13(19)5-3-12/h2-5,10,23H,6-9,11H2,1H3. The van der Waals surface area contributed by atoms with Gasteiger partial charge in [-0.05, 0) is 17.7 Å². The van der Waals surface area contributed by atoms with Crippen LogP contribution in [0.1, 0.15) is 16.1 Å². The number of carbonyl (C=O) groups excluding carboxylic acids is 1. The van der Waals surface area contributed by atoms with Gasteiger partial charge in [0.2, 0.25) is 5.43 Å². The first-order chi connectivity index (χ1) is 13.2. The molecule has 0 spiro atoms. The summed E-state index contributed by atoms with van der Waals surface area (Å²) in [6.07, 6.45) is 1.06. The molecule has 0 fully saturated rings. The van der Waals surface area contributed by atoms with E-state index in [9.17, 15) is 27.5 Å². The van der Waals surface area contributed by atoms with Gasteiger partial charge in [-0.15, -0.1) is 0 Å². The highest BCUT2D eigenvalue weighted by Gasteiger charge is 2.30. The van der Waals surface area contributed by atoms with Gasteiger partial charge in [-0.2, -0.15) is 0 Å². The maximum Gasteiger partial charge on any atom is 0.274 e. The number of hydrogen-bond acceptors (Lipinski definition) is 6. The Balaban J connectivity index is 1.87. The summed E-state index contributed by atoms with van der Waals surface area (Å²) in [6.45, 7) is 0.514. The summed E-state index contributed by atoms with van der Waals surface area (Å²) >= 11 is 0. The van der Waals surface area contributed by atoms with Crippen LogP contribution < -0.4 is 10.2 Å². The Labute approximate surface area is 160 Å². The van der Waals surface area contributed by atoms with Gasteiger partial charge in [0.15, 0.2) is 27.2 Å². The van der Waals surface area contributed by atoms with Crippen molar-refractivity contribution in [1.29, 1.82) is 0 Å². The average molecular weight is 410 g/mol. The Hall–Kier alpha value is -2.88. The second-order valence-corrected chi connectivity index (χ2v) is 8.79. The van der Waals surface area contributed by atoms with Gasteiger partial charge in [0.05, 0.1) is 5.75 Å². The van der Waals surface area contributed by atoms with E-state index in [0.29, 0.717) is 5.56 Å². The lowest BCUT2D eigenvalue weighted by Crippen LogP contribution is -2.41. The first kappa shape index (κ1) is 19.9. The summed E-state index contributed by atoms with van der Waals surface area (Å²) in [4.78, 5) is 26.3. The second kappa shape index (κ2) is 7.63. The summed E-state index contributed by atoms with van der Waals surface area (Å²) in [5, 5.41) is 10.1. The van der Waals surface area contributed by atoms with Crippen LogP contribution in [0.5, 0.6) is 11.6 Å². The minimum absolute atomic E-state index is 0.0243. The summed E-state index contributed by atoms with van der Waals surface area (Å²) in [6, 6.07) is 6.70. The molecule has 2 heterocycles. The minimum Gasteiger partial charge on any atom is -0.503 e. The SMILES string of the molecule is CS(=O)(=O)CCOc1cc(=O)c(O)c2n1CCN(Cc1ccc(F)cc1)C2=O. The van der Waals surface area contributed by atoms with E-state index in [1.165, 1.54) is 21.6 Å². The topological polar surface area (TPSA) is 106 Å². The van der Waals surface area contributed by atoms with E-state index in [4.69, 9.17) is 4.74 Å². The van der Waals surface area contributed by atoms with Gasteiger partial charge in [0.25, 0.3) is 5.91 Å². The van der Waals surface area contributed by atoms with E-state index in [-0.39, 0.29) is 49.4 Å². The number of pyridine rings is 1. The van der Waals surface area contributed by atoms with Crippen LogP contribution in [-0.2, 0) is 22.9 Å². The third kappa shape index (κ3) is 4.33. The van der Waals surface area contributed by atoms with Crippen LogP contribution in [-0.4, -0.2) is 54.1 Å². The van der Waals surface area contributed by atoms with Gasteiger partial charge in [-0.1, -0.05) is 12.1 Å². The van der Waals surface area contributed by atoms with Gasteiger partial charge < -0.3 is 19.3 Å². The monoisotopic (exact) mass is 410 g/mol. The van der Waals surface area contributed by atoms with Gasteiger partial charge in [0, 0.05) is 32.0 Å². The fraction of sp³-hybridized carbons (Fsp3) is 0.333. The number of aromatic nitrogens is 1. The van der Waals surface area contributed by atoms with E-state index >= 15 is 0 Å². The number of halogens is 1. The molecule has 3 rings (SSSR count). The number of sulfone groups is 1. The molecule has 1 amide bonds. The zero-order valence-corrected chi connectivity index (χ0v) is 15.9. The molecule has 0 bridgehead atoms. The number of nitrogens with zero attached hydrogens (tertiary/aromatic N) is 2. The summed E-state index contributed by atoms with van der Waals surface area (Å²) in [5.74, 6) is -1.87. The van der Waals surface area contributed by atoms with E-state index in [0.717, 1.165) is 12.3 Å². The van der Waals surface area contributed by atoms with Crippen LogP contribution in [0.4, 0.5) is 4.39 Å². The maximum absolute atomic E-state index is 13.1. The minimum atomic E-state index is -3.25. The fourth-order valence-corrected chi connectivity index (χ4v) is 3.29. The molecule has 1 aromatic carbocycles. The number of rotatable bonds is 6. The molecule has 0 unspecified atom stereocenters. The maximum atomic E-state index is 13.1. The number of amides is 1. The lowest BCUT2D eigenvalue weighted by molar-refractivity contribution is 0.0675. The van der Waals surface area contributed by atoms with Crippen LogP contribution in [0.15, 0.2) is 35.1 Å². The Morgan fingerprint density at radius 1 is 1.18 bits per heavy atom. The van der Waals surface area contributed by atoms with Gasteiger partial charge in [-0.25, -0.2) is 12.8 Å². The Morgan fingerprint density at radius 3 is 2.50 bits per heavy atom. The lowest BCUT2D eigenvalue weighted by atomic mass is 10.1. The van der Waals surface area contributed by atoms with Gasteiger partial charge >= 0.3 is 0 Å². The van der Waals surface area contributed by atoms with Crippen LogP contribution >= 0.6 is 0 Å². The summed E-state index contributed by atoms with van der Waals surface area (Å²) in [5.41, 5.74) is -0.307. The third-order valence-corrected chi connectivity index (χ3v) is 5.23. The normalized spacial score (nSPS) is 14.1. The molecule has 28 heavy (non-hydrogen) atoms. The molecule has 0 atom stereocenters. The second-order valence-electron chi connectivity index (χ2n) is 6.53. The Bertz CT molecular complexity index is 1060. The van der Waals surface area contributed by atoms with Crippen molar-refractivity contribution in [2.45, 2.75) is 13.1 Å². The van der Waals surface area contributed by atoms with E-state index < -0.39 is 26.9 Å². The van der Waals surface area contributed by atoms with E-state index in [1.807, 2.05) is 0 Å². The molecule has 8 nitrogen and oxygen atoms in total. The molecule has 0 saturated heterocycles. The fourth-order valence-electron chi connectivity index (χ4n) is 2.90. The Morgan fingerprint density at radius 2 is 1.86 bits per heavy atom. The number of hydrogen-bond donors (Lipinski definition) is 1. The van der Waals surface area contributed by atoms with E-state index in [1.54, 1.807) is 12.1 Å². The number of benzene rings is 1. The highest BCUT2D eigenvalue weighted by Crippen LogP contribution is 2.26. The zero-order chi connectivity index (χ0) is 20.5. The number of aromatic hydroxyl groups is 1. The van der Waals surface area contributed by atoms with Crippen molar-refractivity contribution in [3.05, 3.63) is 57.6 Å². The lowest BCUT2D eigenvalue weighted by Gasteiger charge is -2.31. The van der Waals surface area contributed by atoms with Crippen molar-refractivity contribution >= 4 is 15.7 Å². The molecule has 1 N–H and O–H groups in total. The first-order valence-corrected chi connectivity index (χ1v) is 10.5. The third-order valence-electron chi connectivity index (χ3n) is 4.32. The van der Waals surface area contributed by atoms with Crippen LogP contribution in [0.25, 0.3) is 0 Å². The largest absolute Gasteiger partial charge is 0.503 e. The predicted octanol–water partition coefficient (Wildman–Crippen LogP) is 0.772. The molecule has 150 valence electrons.